The summed E-state index contributed by atoms with van der Waals surface area (Å²) in [5.74, 6) is -0.308. The van der Waals surface area contributed by atoms with Gasteiger partial charge in [-0.3, -0.25) is 9.69 Å². The van der Waals surface area contributed by atoms with E-state index in [-0.39, 0.29) is 37.1 Å². The predicted molar refractivity (Wildman–Crippen MR) is 91.2 cm³/mol. The van der Waals surface area contributed by atoms with Crippen molar-refractivity contribution in [2.24, 2.45) is 5.29 Å². The molecule has 2 aliphatic heterocycles. The molecule has 134 valence electrons. The predicted octanol–water partition coefficient (Wildman–Crippen LogP) is 3.24. The first-order valence-electron chi connectivity index (χ1n) is 8.80. The molecule has 0 radical (unpaired) electrons. The van der Waals surface area contributed by atoms with Crippen molar-refractivity contribution in [2.45, 2.75) is 63.8 Å². The van der Waals surface area contributed by atoms with E-state index >= 15 is 0 Å². The van der Waals surface area contributed by atoms with Crippen molar-refractivity contribution in [3.63, 3.8) is 0 Å². The van der Waals surface area contributed by atoms with E-state index in [2.05, 4.69) is 5.29 Å². The van der Waals surface area contributed by atoms with Crippen LogP contribution in [0.2, 0.25) is 0 Å². The van der Waals surface area contributed by atoms with E-state index < -0.39 is 6.09 Å². The van der Waals surface area contributed by atoms with Crippen molar-refractivity contribution in [1.82, 2.24) is 9.91 Å². The number of piperidine rings is 1. The SMILES string of the molecule is CC[C@H]1[C@@H]2CCC[C@H](CC(=O)N1N=O)N2C(=O)OCc1ccccc1. The van der Waals surface area contributed by atoms with Crippen LogP contribution in [0, 0.1) is 4.91 Å². The first-order chi connectivity index (χ1) is 12.2. The number of rotatable bonds is 4. The van der Waals surface area contributed by atoms with Gasteiger partial charge in [0.25, 0.3) is 0 Å². The van der Waals surface area contributed by atoms with Gasteiger partial charge in [-0.1, -0.05) is 37.3 Å². The van der Waals surface area contributed by atoms with E-state index in [1.165, 1.54) is 0 Å². The van der Waals surface area contributed by atoms with Crippen molar-refractivity contribution < 1.29 is 14.3 Å². The van der Waals surface area contributed by atoms with Crippen LogP contribution in [0.15, 0.2) is 35.6 Å². The van der Waals surface area contributed by atoms with Gasteiger partial charge in [0.15, 0.2) is 0 Å². The first-order valence-corrected chi connectivity index (χ1v) is 8.80. The van der Waals surface area contributed by atoms with E-state index in [0.29, 0.717) is 6.42 Å². The summed E-state index contributed by atoms with van der Waals surface area (Å²) >= 11 is 0. The Morgan fingerprint density at radius 3 is 2.72 bits per heavy atom. The second-order valence-corrected chi connectivity index (χ2v) is 6.60. The second kappa shape index (κ2) is 7.63. The maximum atomic E-state index is 12.8. The number of amides is 2. The fourth-order valence-corrected chi connectivity index (χ4v) is 3.96. The number of nitroso groups, excluding NO2 is 1. The fourth-order valence-electron chi connectivity index (χ4n) is 3.96. The Balaban J connectivity index is 1.79. The molecule has 1 aromatic rings. The van der Waals surface area contributed by atoms with Gasteiger partial charge in [-0.2, -0.15) is 5.01 Å². The van der Waals surface area contributed by atoms with Crippen molar-refractivity contribution in [3.05, 3.63) is 40.8 Å². The summed E-state index contributed by atoms with van der Waals surface area (Å²) in [6.45, 7) is 2.09. The lowest BCUT2D eigenvalue weighted by Crippen LogP contribution is -2.55. The number of carbonyl (C=O) groups is 2. The van der Waals surface area contributed by atoms with Crippen LogP contribution in [0.1, 0.15) is 44.6 Å². The maximum Gasteiger partial charge on any atom is 0.410 e. The van der Waals surface area contributed by atoms with Gasteiger partial charge in [-0.05, 0) is 31.2 Å². The van der Waals surface area contributed by atoms with E-state index in [0.717, 1.165) is 29.8 Å². The average molecular weight is 345 g/mol. The molecule has 3 rings (SSSR count). The average Bonchev–Trinajstić information content (AvgIpc) is 2.70. The monoisotopic (exact) mass is 345 g/mol. The minimum Gasteiger partial charge on any atom is -0.445 e. The van der Waals surface area contributed by atoms with Crippen LogP contribution in [0.3, 0.4) is 0 Å². The zero-order valence-corrected chi connectivity index (χ0v) is 14.3. The van der Waals surface area contributed by atoms with Crippen LogP contribution in [0.25, 0.3) is 0 Å². The molecule has 2 bridgehead atoms. The maximum absolute atomic E-state index is 12.8. The van der Waals surface area contributed by atoms with Gasteiger partial charge in [0, 0.05) is 12.5 Å². The molecule has 25 heavy (non-hydrogen) atoms. The molecule has 2 heterocycles. The van der Waals surface area contributed by atoms with Crippen LogP contribution >= 0.6 is 0 Å². The van der Waals surface area contributed by atoms with Gasteiger partial charge in [0.05, 0.1) is 17.4 Å². The standard InChI is InChI=1S/C18H23N3O4/c1-2-15-16-10-6-9-14(11-17(22)21(15)19-24)20(16)18(23)25-12-13-7-4-3-5-8-13/h3-5,7-8,14-16H,2,6,9-12H2,1H3/t14-,15+,16+/m1/s1. The Morgan fingerprint density at radius 1 is 1.28 bits per heavy atom. The van der Waals surface area contributed by atoms with Gasteiger partial charge in [0.2, 0.25) is 5.91 Å². The molecule has 7 nitrogen and oxygen atoms in total. The summed E-state index contributed by atoms with van der Waals surface area (Å²) in [5.41, 5.74) is 0.912. The minimum atomic E-state index is -0.419. The minimum absolute atomic E-state index is 0.124. The topological polar surface area (TPSA) is 79.3 Å². The second-order valence-electron chi connectivity index (χ2n) is 6.60. The highest BCUT2D eigenvalue weighted by atomic mass is 16.6. The fraction of sp³-hybridized carbons (Fsp3) is 0.556. The lowest BCUT2D eigenvalue weighted by Gasteiger charge is -2.42. The lowest BCUT2D eigenvalue weighted by molar-refractivity contribution is -0.133. The number of ether oxygens (including phenoxy) is 1. The highest BCUT2D eigenvalue weighted by molar-refractivity contribution is 5.79. The summed E-state index contributed by atoms with van der Waals surface area (Å²) in [6, 6.07) is 8.64. The van der Waals surface area contributed by atoms with Crippen LogP contribution < -0.4 is 0 Å². The summed E-state index contributed by atoms with van der Waals surface area (Å²) in [6.07, 6.45) is 2.68. The van der Waals surface area contributed by atoms with Crippen molar-refractivity contribution in [1.29, 1.82) is 0 Å². The number of nitrogens with zero attached hydrogens (tertiary/aromatic N) is 3. The molecule has 2 fully saturated rings. The van der Waals surface area contributed by atoms with Gasteiger partial charge in [-0.15, -0.1) is 4.91 Å². The largest absolute Gasteiger partial charge is 0.445 e. The number of fused-ring (bicyclic) bond motifs is 2. The van der Waals surface area contributed by atoms with Crippen molar-refractivity contribution >= 4 is 12.0 Å². The smallest absolute Gasteiger partial charge is 0.410 e. The van der Waals surface area contributed by atoms with Crippen LogP contribution in [0.4, 0.5) is 4.79 Å². The highest BCUT2D eigenvalue weighted by Crippen LogP contribution is 2.34. The summed E-state index contributed by atoms with van der Waals surface area (Å²) in [7, 11) is 0. The molecule has 3 atom stereocenters. The molecule has 0 N–H and O–H groups in total. The normalized spacial score (nSPS) is 26.1. The van der Waals surface area contributed by atoms with Gasteiger partial charge < -0.3 is 4.74 Å². The molecular formula is C18H23N3O4. The molecule has 2 amide bonds. The van der Waals surface area contributed by atoms with Crippen molar-refractivity contribution in [2.75, 3.05) is 0 Å². The summed E-state index contributed by atoms with van der Waals surface area (Å²) in [5, 5.41) is 3.98. The first kappa shape index (κ1) is 17.4. The number of hydrogen-bond donors (Lipinski definition) is 0. The Bertz CT molecular complexity index is 636. The molecule has 2 aliphatic rings. The zero-order chi connectivity index (χ0) is 17.8. The number of carbonyl (C=O) groups excluding carboxylic acids is 2. The van der Waals surface area contributed by atoms with Gasteiger partial charge in [0.1, 0.15) is 6.61 Å². The number of hydrogen-bond acceptors (Lipinski definition) is 5. The Labute approximate surface area is 146 Å². The zero-order valence-electron chi connectivity index (χ0n) is 14.3. The van der Waals surface area contributed by atoms with E-state index in [1.807, 2.05) is 37.3 Å². The Morgan fingerprint density at radius 2 is 2.04 bits per heavy atom. The molecule has 0 aliphatic carbocycles. The molecule has 0 unspecified atom stereocenters. The lowest BCUT2D eigenvalue weighted by atomic mass is 9.91. The van der Waals surface area contributed by atoms with Gasteiger partial charge in [-0.25, -0.2) is 4.79 Å². The molecule has 0 spiro atoms. The quantitative estimate of drug-likeness (QED) is 0.785. The molecular weight excluding hydrogens is 322 g/mol. The molecule has 7 heteroatoms. The Hall–Kier alpha value is -2.44. The Kier molecular flexibility index (Phi) is 5.31. The van der Waals surface area contributed by atoms with E-state index in [9.17, 15) is 14.5 Å². The summed E-state index contributed by atoms with van der Waals surface area (Å²) in [4.78, 5) is 38.0. The number of benzene rings is 1. The van der Waals surface area contributed by atoms with Crippen LogP contribution in [-0.2, 0) is 16.1 Å². The van der Waals surface area contributed by atoms with Crippen LogP contribution in [0.5, 0.6) is 0 Å². The highest BCUT2D eigenvalue weighted by Gasteiger charge is 2.46. The molecule has 1 aromatic carbocycles. The van der Waals surface area contributed by atoms with E-state index in [1.54, 1.807) is 4.90 Å². The van der Waals surface area contributed by atoms with E-state index in [4.69, 9.17) is 4.74 Å². The van der Waals surface area contributed by atoms with Gasteiger partial charge >= 0.3 is 6.09 Å². The summed E-state index contributed by atoms with van der Waals surface area (Å²) < 4.78 is 5.50. The molecule has 0 saturated carbocycles. The third kappa shape index (κ3) is 3.50. The third-order valence-electron chi connectivity index (χ3n) is 5.13. The third-order valence-corrected chi connectivity index (χ3v) is 5.13. The van der Waals surface area contributed by atoms with Crippen molar-refractivity contribution in [3.8, 4) is 0 Å². The molecule has 2 saturated heterocycles. The molecule has 0 aromatic heterocycles. The van der Waals surface area contributed by atoms with Crippen LogP contribution in [-0.4, -0.2) is 40.0 Å².